The van der Waals surface area contributed by atoms with Gasteiger partial charge in [0.25, 0.3) is 5.89 Å². The smallest absolute Gasteiger partial charge is 0.276 e. The second kappa shape index (κ2) is 12.7. The highest BCUT2D eigenvalue weighted by atomic mass is 127. The molecule has 0 aliphatic heterocycles. The van der Waals surface area contributed by atoms with E-state index in [1.54, 1.807) is 6.20 Å². The number of pyridine rings is 1. The Morgan fingerprint density at radius 1 is 1.16 bits per heavy atom. The summed E-state index contributed by atoms with van der Waals surface area (Å²) in [4.78, 5) is 13.4. The van der Waals surface area contributed by atoms with Crippen LogP contribution in [0.15, 0.2) is 58.2 Å². The molecule has 32 heavy (non-hydrogen) atoms. The van der Waals surface area contributed by atoms with Gasteiger partial charge in [0.2, 0.25) is 0 Å². The van der Waals surface area contributed by atoms with Gasteiger partial charge in [-0.05, 0) is 48.6 Å². The van der Waals surface area contributed by atoms with E-state index in [9.17, 15) is 0 Å². The number of aromatic nitrogens is 3. The molecular formula is C23H30ClIN6O. The van der Waals surface area contributed by atoms with Crippen molar-refractivity contribution in [3.05, 3.63) is 65.1 Å². The van der Waals surface area contributed by atoms with Crippen molar-refractivity contribution in [1.82, 2.24) is 25.8 Å². The van der Waals surface area contributed by atoms with Crippen molar-refractivity contribution in [2.45, 2.75) is 33.6 Å². The number of hydrogen-bond donors (Lipinski definition) is 2. The minimum atomic E-state index is -0.00170. The molecule has 7 nitrogen and oxygen atoms in total. The molecule has 3 rings (SSSR count). The van der Waals surface area contributed by atoms with E-state index in [0.29, 0.717) is 36.9 Å². The van der Waals surface area contributed by atoms with Gasteiger partial charge in [-0.1, -0.05) is 48.8 Å². The molecule has 0 bridgehead atoms. The minimum absolute atomic E-state index is 0. The summed E-state index contributed by atoms with van der Waals surface area (Å²) in [5.41, 5.74) is 1.88. The Kier molecular flexibility index (Phi) is 10.4. The second-order valence-electron chi connectivity index (χ2n) is 8.07. The Labute approximate surface area is 211 Å². The fraction of sp³-hybridized carbons (Fsp3) is 0.391. The zero-order valence-electron chi connectivity index (χ0n) is 18.6. The molecule has 0 spiro atoms. The first-order chi connectivity index (χ1) is 14.9. The fourth-order valence-corrected chi connectivity index (χ4v) is 3.34. The van der Waals surface area contributed by atoms with Gasteiger partial charge in [0, 0.05) is 37.3 Å². The zero-order valence-corrected chi connectivity index (χ0v) is 21.7. The summed E-state index contributed by atoms with van der Waals surface area (Å²) in [5.74, 6) is 1.83. The van der Waals surface area contributed by atoms with E-state index in [1.807, 2.05) is 43.3 Å². The Balaban J connectivity index is 0.00000363. The SMILES string of the molecule is CCNC(=NCC(C)(C)Cc1cccc(Cl)c1)NCCc1noc(-c2ccccn2)n1.I. The van der Waals surface area contributed by atoms with E-state index < -0.39 is 0 Å². The van der Waals surface area contributed by atoms with E-state index in [2.05, 4.69) is 45.7 Å². The van der Waals surface area contributed by atoms with Crippen molar-refractivity contribution in [2.24, 2.45) is 10.4 Å². The van der Waals surface area contributed by atoms with Gasteiger partial charge in [0.15, 0.2) is 11.8 Å². The average Bonchev–Trinajstić information content (AvgIpc) is 3.21. The van der Waals surface area contributed by atoms with Crippen molar-refractivity contribution >= 4 is 41.5 Å². The number of hydrogen-bond acceptors (Lipinski definition) is 5. The monoisotopic (exact) mass is 568 g/mol. The summed E-state index contributed by atoms with van der Waals surface area (Å²) in [6.45, 7) is 8.57. The van der Waals surface area contributed by atoms with Crippen LogP contribution in [0.1, 0.15) is 32.2 Å². The Morgan fingerprint density at radius 2 is 2.00 bits per heavy atom. The maximum atomic E-state index is 6.12. The van der Waals surface area contributed by atoms with Gasteiger partial charge in [-0.2, -0.15) is 4.98 Å². The molecule has 0 saturated heterocycles. The van der Waals surface area contributed by atoms with E-state index in [-0.39, 0.29) is 29.4 Å². The van der Waals surface area contributed by atoms with Crippen molar-refractivity contribution in [1.29, 1.82) is 0 Å². The van der Waals surface area contributed by atoms with Crippen LogP contribution in [0.4, 0.5) is 0 Å². The standard InChI is InChI=1S/C23H29ClN6O.HI/c1-4-25-22(28-16-23(2,3)15-17-8-7-9-18(24)14-17)27-13-11-20-29-21(31-30-20)19-10-5-6-12-26-19;/h5-10,12,14H,4,11,13,15-16H2,1-3H3,(H2,25,27,28);1H. The number of aliphatic imine (C=N–C) groups is 1. The predicted octanol–water partition coefficient (Wildman–Crippen LogP) is 4.77. The van der Waals surface area contributed by atoms with E-state index in [1.165, 1.54) is 5.56 Å². The molecule has 9 heteroatoms. The average molecular weight is 569 g/mol. The number of rotatable bonds is 9. The molecule has 2 aromatic heterocycles. The third-order valence-electron chi connectivity index (χ3n) is 4.57. The Bertz CT molecular complexity index is 993. The largest absolute Gasteiger partial charge is 0.357 e. The first-order valence-electron chi connectivity index (χ1n) is 10.5. The van der Waals surface area contributed by atoms with Gasteiger partial charge >= 0.3 is 0 Å². The molecule has 0 atom stereocenters. The first-order valence-corrected chi connectivity index (χ1v) is 10.8. The summed E-state index contributed by atoms with van der Waals surface area (Å²) >= 11 is 6.12. The number of halogens is 2. The lowest BCUT2D eigenvalue weighted by atomic mass is 9.86. The van der Waals surface area contributed by atoms with E-state index in [4.69, 9.17) is 21.1 Å². The fourth-order valence-electron chi connectivity index (χ4n) is 3.13. The van der Waals surface area contributed by atoms with Crippen LogP contribution >= 0.6 is 35.6 Å². The van der Waals surface area contributed by atoms with Crippen molar-refractivity contribution < 1.29 is 4.52 Å². The van der Waals surface area contributed by atoms with Crippen LogP contribution < -0.4 is 10.6 Å². The molecule has 172 valence electrons. The topological polar surface area (TPSA) is 88.2 Å². The van der Waals surface area contributed by atoms with E-state index >= 15 is 0 Å². The van der Waals surface area contributed by atoms with Crippen LogP contribution in [0.3, 0.4) is 0 Å². The lowest BCUT2D eigenvalue weighted by molar-refractivity contribution is 0.377. The molecule has 0 fully saturated rings. The summed E-state index contributed by atoms with van der Waals surface area (Å²) in [6.07, 6.45) is 3.22. The Morgan fingerprint density at radius 3 is 2.72 bits per heavy atom. The maximum absolute atomic E-state index is 6.12. The molecule has 0 amide bonds. The molecule has 0 unspecified atom stereocenters. The Hall–Kier alpha value is -2.20. The summed E-state index contributed by atoms with van der Waals surface area (Å²) in [7, 11) is 0. The predicted molar refractivity (Wildman–Crippen MR) is 140 cm³/mol. The molecular weight excluding hydrogens is 539 g/mol. The second-order valence-corrected chi connectivity index (χ2v) is 8.51. The molecule has 2 N–H and O–H groups in total. The maximum Gasteiger partial charge on any atom is 0.276 e. The minimum Gasteiger partial charge on any atom is -0.357 e. The molecule has 2 heterocycles. The van der Waals surface area contributed by atoms with Gasteiger partial charge in [-0.25, -0.2) is 0 Å². The molecule has 1 aromatic carbocycles. The van der Waals surface area contributed by atoms with Gasteiger partial charge in [0.1, 0.15) is 5.69 Å². The van der Waals surface area contributed by atoms with Crippen LogP contribution in [-0.2, 0) is 12.8 Å². The van der Waals surface area contributed by atoms with Crippen molar-refractivity contribution in [3.63, 3.8) is 0 Å². The number of nitrogens with zero attached hydrogens (tertiary/aromatic N) is 4. The van der Waals surface area contributed by atoms with Crippen LogP contribution in [0.5, 0.6) is 0 Å². The van der Waals surface area contributed by atoms with Gasteiger partial charge in [0.05, 0.1) is 0 Å². The highest BCUT2D eigenvalue weighted by Gasteiger charge is 2.19. The zero-order chi connectivity index (χ0) is 22.1. The highest BCUT2D eigenvalue weighted by molar-refractivity contribution is 14.0. The van der Waals surface area contributed by atoms with Crippen LogP contribution in [0.25, 0.3) is 11.6 Å². The number of guanidine groups is 1. The van der Waals surface area contributed by atoms with Crippen molar-refractivity contribution in [3.8, 4) is 11.6 Å². The third-order valence-corrected chi connectivity index (χ3v) is 4.81. The summed E-state index contributed by atoms with van der Waals surface area (Å²) < 4.78 is 5.31. The normalized spacial score (nSPS) is 11.7. The van der Waals surface area contributed by atoms with Gasteiger partial charge < -0.3 is 15.2 Å². The number of nitrogens with one attached hydrogen (secondary N) is 2. The summed E-state index contributed by atoms with van der Waals surface area (Å²) in [5, 5.41) is 11.4. The highest BCUT2D eigenvalue weighted by Crippen LogP contribution is 2.24. The summed E-state index contributed by atoms with van der Waals surface area (Å²) in [6, 6.07) is 13.6. The van der Waals surface area contributed by atoms with Crippen LogP contribution in [-0.4, -0.2) is 40.7 Å². The van der Waals surface area contributed by atoms with Gasteiger partial charge in [-0.3, -0.25) is 9.98 Å². The molecule has 0 aliphatic carbocycles. The number of benzene rings is 1. The van der Waals surface area contributed by atoms with Crippen LogP contribution in [0, 0.1) is 5.41 Å². The van der Waals surface area contributed by atoms with E-state index in [0.717, 1.165) is 23.9 Å². The molecule has 0 radical (unpaired) electrons. The van der Waals surface area contributed by atoms with Gasteiger partial charge in [-0.15, -0.1) is 24.0 Å². The quantitative estimate of drug-likeness (QED) is 0.220. The lowest BCUT2D eigenvalue weighted by Crippen LogP contribution is -2.39. The molecule has 0 aliphatic rings. The van der Waals surface area contributed by atoms with Crippen molar-refractivity contribution in [2.75, 3.05) is 19.6 Å². The molecule has 3 aromatic rings. The lowest BCUT2D eigenvalue weighted by Gasteiger charge is -2.23. The van der Waals surface area contributed by atoms with Crippen LogP contribution in [0.2, 0.25) is 5.02 Å². The first kappa shape index (κ1) is 26.1. The molecule has 0 saturated carbocycles. The third kappa shape index (κ3) is 8.38.